The number of aromatic carboxylic acids is 3. The average Bonchev–Trinajstić information content (AvgIpc) is 1.59. The lowest BCUT2D eigenvalue weighted by atomic mass is 9.97. The molecule has 16 nitrogen and oxygen atoms in total. The largest absolute Gasteiger partial charge is 0.494 e. The molecule has 3 aliphatic heterocycles. The molecule has 21 heteroatoms. The number of fused-ring (bicyclic) bond motifs is 6. The zero-order valence-electron chi connectivity index (χ0n) is 53.3. The van der Waals surface area contributed by atoms with Crippen LogP contribution in [0.5, 0.6) is 5.75 Å². The highest BCUT2D eigenvalue weighted by molar-refractivity contribution is 6.06. The minimum absolute atomic E-state index is 0.00564. The van der Waals surface area contributed by atoms with Crippen molar-refractivity contribution in [2.75, 3.05) is 7.11 Å². The maximum Gasteiger partial charge on any atom is 0.357 e. The lowest BCUT2D eigenvalue weighted by Crippen LogP contribution is -2.07. The summed E-state index contributed by atoms with van der Waals surface area (Å²) in [5, 5.41) is 30.8. The van der Waals surface area contributed by atoms with E-state index in [-0.39, 0.29) is 52.2 Å². The van der Waals surface area contributed by atoms with Crippen LogP contribution < -0.4 is 4.74 Å². The SMILES string of the molecule is CC(C)c1c(-c2ccc(F)c(C(=O)O)n2)c2cc3c(cc2n1-c1ccc(F)cc1)C=NC3.CC(C)c1c(-c2nc(C(=O)O)ccc2F)c2cc3c(cc2n1-c1ccc(F)cc1)C=NC3.COc1cc(C(=O)O)cnc1-c1c(C(C)C)n(-c2ccc(F)cc2)c2cc3c(cc12)CN=C3. The third-order valence-corrected chi connectivity index (χ3v) is 17.3. The van der Waals surface area contributed by atoms with Crippen LogP contribution in [0.15, 0.2) is 161 Å². The van der Waals surface area contributed by atoms with Crippen LogP contribution in [0, 0.1) is 29.1 Å². The molecule has 6 aromatic heterocycles. The van der Waals surface area contributed by atoms with Gasteiger partial charge in [0.05, 0.1) is 54.6 Å². The van der Waals surface area contributed by atoms with Gasteiger partial charge in [-0.3, -0.25) is 20.0 Å². The normalized spacial score (nSPS) is 12.6. The summed E-state index contributed by atoms with van der Waals surface area (Å²) >= 11 is 0. The first-order valence-corrected chi connectivity index (χ1v) is 31.1. The van der Waals surface area contributed by atoms with Crippen LogP contribution in [-0.2, 0) is 19.6 Å². The number of nitrogens with zero attached hydrogens (tertiary/aromatic N) is 9. The molecule has 0 radical (unpaired) electrons. The first-order valence-electron chi connectivity index (χ1n) is 31.1. The molecule has 0 saturated heterocycles. The van der Waals surface area contributed by atoms with Crippen LogP contribution in [-0.4, -0.2) is 87.6 Å². The number of carboxylic acids is 3. The lowest BCUT2D eigenvalue weighted by molar-refractivity contribution is 0.0676. The molecule has 6 aromatic carbocycles. The summed E-state index contributed by atoms with van der Waals surface area (Å²) in [5.74, 6) is -5.81. The van der Waals surface area contributed by atoms with E-state index in [4.69, 9.17) is 4.74 Å². The molecule has 0 atom stereocenters. The van der Waals surface area contributed by atoms with E-state index in [9.17, 15) is 47.3 Å². The number of benzene rings is 6. The van der Waals surface area contributed by atoms with Crippen molar-refractivity contribution >= 4 is 69.3 Å². The number of rotatable bonds is 13. The molecule has 0 unspecified atom stereocenters. The summed E-state index contributed by atoms with van der Waals surface area (Å²) in [6.45, 7) is 13.9. The van der Waals surface area contributed by atoms with Gasteiger partial charge in [-0.1, -0.05) is 41.5 Å². The smallest absolute Gasteiger partial charge is 0.357 e. The van der Waals surface area contributed by atoms with E-state index in [0.717, 1.165) is 130 Å². The first kappa shape index (κ1) is 64.0. The van der Waals surface area contributed by atoms with Gasteiger partial charge in [0.2, 0.25) is 0 Å². The maximum atomic E-state index is 15.1. The second kappa shape index (κ2) is 25.5. The van der Waals surface area contributed by atoms with Gasteiger partial charge in [0.15, 0.2) is 11.5 Å². The maximum absolute atomic E-state index is 15.1. The number of aromatic nitrogens is 6. The number of hydrogen-bond donors (Lipinski definition) is 3. The Balaban J connectivity index is 0.000000131. The zero-order valence-corrected chi connectivity index (χ0v) is 53.3. The van der Waals surface area contributed by atoms with Crippen molar-refractivity contribution in [2.24, 2.45) is 15.0 Å². The molecule has 3 aliphatic rings. The summed E-state index contributed by atoms with van der Waals surface area (Å²) in [4.78, 5) is 60.6. The fraction of sp³-hybridized carbons (Fsp3) is 0.171. The topological polar surface area (TPSA) is 212 Å². The van der Waals surface area contributed by atoms with E-state index in [2.05, 4.69) is 60.5 Å². The minimum atomic E-state index is -1.42. The minimum Gasteiger partial charge on any atom is -0.494 e. The number of carboxylic acid groups (broad SMARTS) is 3. The van der Waals surface area contributed by atoms with Crippen molar-refractivity contribution < 1.29 is 56.4 Å². The molecule has 0 amide bonds. The molecule has 486 valence electrons. The molecule has 0 spiro atoms. The van der Waals surface area contributed by atoms with Gasteiger partial charge in [-0.2, -0.15) is 0 Å². The Morgan fingerprint density at radius 2 is 0.856 bits per heavy atom. The molecule has 97 heavy (non-hydrogen) atoms. The van der Waals surface area contributed by atoms with E-state index in [1.54, 1.807) is 42.6 Å². The lowest BCUT2D eigenvalue weighted by Gasteiger charge is -2.16. The summed E-state index contributed by atoms with van der Waals surface area (Å²) in [6, 6.07) is 37.3. The first-order chi connectivity index (χ1) is 46.6. The second-order valence-electron chi connectivity index (χ2n) is 24.5. The Morgan fingerprint density at radius 1 is 0.454 bits per heavy atom. The Bertz CT molecular complexity index is 5320. The predicted octanol–water partition coefficient (Wildman–Crippen LogP) is 17.0. The Labute approximate surface area is 551 Å². The fourth-order valence-corrected chi connectivity index (χ4v) is 13.1. The van der Waals surface area contributed by atoms with Crippen LogP contribution in [0.2, 0.25) is 0 Å². The molecular formula is C76H60F5N9O7. The van der Waals surface area contributed by atoms with Crippen molar-refractivity contribution in [3.05, 3.63) is 242 Å². The van der Waals surface area contributed by atoms with Gasteiger partial charge in [-0.15, -0.1) is 0 Å². The van der Waals surface area contributed by atoms with Gasteiger partial charge < -0.3 is 33.8 Å². The summed E-state index contributed by atoms with van der Waals surface area (Å²) in [5.41, 5.74) is 16.0. The third-order valence-electron chi connectivity index (χ3n) is 17.3. The Morgan fingerprint density at radius 3 is 1.25 bits per heavy atom. The van der Waals surface area contributed by atoms with E-state index in [0.29, 0.717) is 42.3 Å². The summed E-state index contributed by atoms with van der Waals surface area (Å²) in [6.07, 6.45) is 6.84. The molecule has 0 fully saturated rings. The van der Waals surface area contributed by atoms with Crippen LogP contribution in [0.25, 0.3) is 83.5 Å². The molecule has 0 bridgehead atoms. The van der Waals surface area contributed by atoms with Gasteiger partial charge in [0, 0.05) is 91.8 Å². The van der Waals surface area contributed by atoms with Crippen molar-refractivity contribution in [3.63, 3.8) is 0 Å². The number of pyridine rings is 3. The van der Waals surface area contributed by atoms with E-state index < -0.39 is 35.2 Å². The number of hydrogen-bond acceptors (Lipinski definition) is 10. The molecule has 0 saturated carbocycles. The molecule has 15 rings (SSSR count). The second-order valence-corrected chi connectivity index (χ2v) is 24.5. The number of aliphatic imine (C=N–C) groups is 3. The number of methoxy groups -OCH3 is 1. The van der Waals surface area contributed by atoms with Crippen molar-refractivity contribution in [2.45, 2.75) is 78.9 Å². The van der Waals surface area contributed by atoms with Crippen LogP contribution in [0.4, 0.5) is 22.0 Å². The highest BCUT2D eigenvalue weighted by Gasteiger charge is 2.31. The standard InChI is InChI=1S/C26H22FN3O3.2C25H19F2N3O2/c1-14(2)25-23(24-22(33-3)10-17(13-29-24)26(31)32)20-8-15-11-28-12-16(15)9-21(20)30(25)19-6-4-18(27)5-7-19;1-13(2)24-22(23-19(27)7-8-20(29-23)25(31)32)18-9-14-11-28-12-15(14)10-21(18)30(24)17-5-3-16(26)4-6-17;1-13(2)24-22(20-8-7-19(27)23(29-20)25(31)32)18-9-14-11-28-12-15(14)10-21(18)30(24)17-5-3-16(26)4-6-17/h4-10,12-14H,11H2,1-3H3,(H,31,32);2*3-10,12-13H,11H2,1-2H3,(H,31,32). The average molecular weight is 1310 g/mol. The van der Waals surface area contributed by atoms with Gasteiger partial charge in [0.1, 0.15) is 46.1 Å². The number of halogens is 5. The van der Waals surface area contributed by atoms with Gasteiger partial charge in [-0.05, 0) is 191 Å². The van der Waals surface area contributed by atoms with E-state index in [1.165, 1.54) is 61.8 Å². The Hall–Kier alpha value is -11.7. The molecule has 9 heterocycles. The highest BCUT2D eigenvalue weighted by Crippen LogP contribution is 2.47. The quantitative estimate of drug-likeness (QED) is 0.0929. The zero-order chi connectivity index (χ0) is 68.4. The predicted molar refractivity (Wildman–Crippen MR) is 363 cm³/mol. The van der Waals surface area contributed by atoms with Crippen molar-refractivity contribution in [1.82, 2.24) is 28.7 Å². The number of ether oxygens (including phenoxy) is 1. The van der Waals surface area contributed by atoms with E-state index in [1.807, 2.05) is 73.5 Å². The van der Waals surface area contributed by atoms with Crippen molar-refractivity contribution in [1.29, 1.82) is 0 Å². The Kier molecular flexibility index (Phi) is 16.8. The summed E-state index contributed by atoms with van der Waals surface area (Å²) < 4.78 is 81.9. The van der Waals surface area contributed by atoms with Crippen LogP contribution in [0.3, 0.4) is 0 Å². The van der Waals surface area contributed by atoms with Crippen LogP contribution in [0.1, 0.15) is 141 Å². The summed E-state index contributed by atoms with van der Waals surface area (Å²) in [7, 11) is 1.51. The van der Waals surface area contributed by atoms with Gasteiger partial charge in [-0.25, -0.2) is 46.3 Å². The van der Waals surface area contributed by atoms with Gasteiger partial charge in [0.25, 0.3) is 0 Å². The number of carbonyl (C=O) groups is 3. The molecular weight excluding hydrogens is 1250 g/mol. The highest BCUT2D eigenvalue weighted by atomic mass is 19.1. The van der Waals surface area contributed by atoms with Crippen LogP contribution >= 0.6 is 0 Å². The fourth-order valence-electron chi connectivity index (χ4n) is 13.1. The molecule has 0 aliphatic carbocycles. The van der Waals surface area contributed by atoms with E-state index >= 15 is 4.39 Å². The van der Waals surface area contributed by atoms with Gasteiger partial charge >= 0.3 is 17.9 Å². The monoisotopic (exact) mass is 1310 g/mol. The third kappa shape index (κ3) is 11.6. The molecule has 3 N–H and O–H groups in total. The van der Waals surface area contributed by atoms with Crippen molar-refractivity contribution in [3.8, 4) is 56.6 Å². The molecule has 12 aromatic rings.